The highest BCUT2D eigenvalue weighted by Gasteiger charge is 2.09. The van der Waals surface area contributed by atoms with Crippen LogP contribution < -0.4 is 20.7 Å². The Labute approximate surface area is 203 Å². The lowest BCUT2D eigenvalue weighted by Gasteiger charge is -2.18. The minimum absolute atomic E-state index is 0. The van der Waals surface area contributed by atoms with E-state index in [0.29, 0.717) is 30.5 Å². The first-order valence-corrected chi connectivity index (χ1v) is 9.84. The van der Waals surface area contributed by atoms with Crippen LogP contribution >= 0.6 is 24.0 Å². The molecule has 1 heterocycles. The number of hydrogen-bond acceptors (Lipinski definition) is 4. The van der Waals surface area contributed by atoms with E-state index < -0.39 is 0 Å². The molecular formula is C23H26FIN4O3. The van der Waals surface area contributed by atoms with E-state index in [4.69, 9.17) is 9.15 Å². The molecule has 2 aromatic carbocycles. The van der Waals surface area contributed by atoms with Gasteiger partial charge in [0.25, 0.3) is 5.91 Å². The molecule has 1 atom stereocenters. The molecule has 1 aromatic heterocycles. The van der Waals surface area contributed by atoms with Crippen LogP contribution in [0.15, 0.2) is 76.3 Å². The number of carbonyl (C=O) groups is 1. The quantitative estimate of drug-likeness (QED) is 0.219. The van der Waals surface area contributed by atoms with Gasteiger partial charge in [-0.25, -0.2) is 4.39 Å². The molecule has 0 bridgehead atoms. The molecule has 170 valence electrons. The Hall–Kier alpha value is -3.08. The fraction of sp³-hybridized carbons (Fsp3) is 0.217. The summed E-state index contributed by atoms with van der Waals surface area (Å²) in [5, 5.41) is 9.17. The maximum absolute atomic E-state index is 13.2. The molecule has 32 heavy (non-hydrogen) atoms. The van der Waals surface area contributed by atoms with Crippen LogP contribution in [0.3, 0.4) is 0 Å². The number of anilines is 1. The molecule has 0 aliphatic rings. The second-order valence-corrected chi connectivity index (χ2v) is 6.82. The average Bonchev–Trinajstić information content (AvgIpc) is 3.30. The summed E-state index contributed by atoms with van der Waals surface area (Å²) in [5.74, 6) is 0.731. The van der Waals surface area contributed by atoms with E-state index in [9.17, 15) is 9.18 Å². The number of amides is 1. The van der Waals surface area contributed by atoms with Gasteiger partial charge in [-0.1, -0.05) is 18.2 Å². The molecule has 1 unspecified atom stereocenters. The summed E-state index contributed by atoms with van der Waals surface area (Å²) in [6.45, 7) is 2.93. The second-order valence-electron chi connectivity index (χ2n) is 6.82. The molecule has 0 fully saturated rings. The van der Waals surface area contributed by atoms with Crippen molar-refractivity contribution in [3.63, 3.8) is 0 Å². The fourth-order valence-electron chi connectivity index (χ4n) is 2.77. The molecule has 3 N–H and O–H groups in total. The highest BCUT2D eigenvalue weighted by Crippen LogP contribution is 2.14. The number of ether oxygens (including phenoxy) is 1. The molecule has 3 rings (SSSR count). The van der Waals surface area contributed by atoms with Crippen molar-refractivity contribution < 1.29 is 18.3 Å². The van der Waals surface area contributed by atoms with Gasteiger partial charge in [0.05, 0.1) is 12.8 Å². The van der Waals surface area contributed by atoms with Crippen LogP contribution in [0.1, 0.15) is 23.0 Å². The Morgan fingerprint density at radius 2 is 1.91 bits per heavy atom. The summed E-state index contributed by atoms with van der Waals surface area (Å²) < 4.78 is 24.0. The standard InChI is InChI=1S/C23H25FN4O3.HI/c1-16(31-20-6-3-5-18(24)13-20)14-26-23(25-2)27-15-17-8-10-19(11-9-17)28-22(29)21-7-4-12-30-21;/h3-13,16H,14-15H2,1-2H3,(H,28,29)(H2,25,26,27);1H. The first-order chi connectivity index (χ1) is 15.0. The molecule has 3 aromatic rings. The third-order valence-electron chi connectivity index (χ3n) is 4.33. The zero-order chi connectivity index (χ0) is 22.1. The van der Waals surface area contributed by atoms with Gasteiger partial charge in [0.1, 0.15) is 17.7 Å². The number of aliphatic imine (C=N–C) groups is 1. The molecule has 0 saturated heterocycles. The Balaban J connectivity index is 0.00000363. The zero-order valence-electron chi connectivity index (χ0n) is 17.8. The molecule has 7 nitrogen and oxygen atoms in total. The lowest BCUT2D eigenvalue weighted by molar-refractivity contribution is 0.0996. The number of nitrogens with one attached hydrogen (secondary N) is 3. The van der Waals surface area contributed by atoms with Crippen molar-refractivity contribution in [2.75, 3.05) is 18.9 Å². The van der Waals surface area contributed by atoms with Gasteiger partial charge in [0.15, 0.2) is 11.7 Å². The van der Waals surface area contributed by atoms with Crippen molar-refractivity contribution >= 4 is 41.5 Å². The van der Waals surface area contributed by atoms with Gasteiger partial charge in [-0.15, -0.1) is 24.0 Å². The van der Waals surface area contributed by atoms with E-state index in [-0.39, 0.29) is 47.6 Å². The molecule has 0 aliphatic carbocycles. The predicted octanol–water partition coefficient (Wildman–Crippen LogP) is 4.42. The number of halogens is 2. The SMILES string of the molecule is CN=C(NCc1ccc(NC(=O)c2ccco2)cc1)NCC(C)Oc1cccc(F)c1.I. The van der Waals surface area contributed by atoms with Gasteiger partial charge in [0, 0.05) is 25.3 Å². The van der Waals surface area contributed by atoms with Crippen LogP contribution in [0.5, 0.6) is 5.75 Å². The first-order valence-electron chi connectivity index (χ1n) is 9.84. The summed E-state index contributed by atoms with van der Waals surface area (Å²) in [6.07, 6.45) is 1.27. The van der Waals surface area contributed by atoms with Gasteiger partial charge in [-0.3, -0.25) is 9.79 Å². The number of nitrogens with zero attached hydrogens (tertiary/aromatic N) is 1. The van der Waals surface area contributed by atoms with Crippen molar-refractivity contribution in [2.24, 2.45) is 4.99 Å². The van der Waals surface area contributed by atoms with Crippen molar-refractivity contribution in [3.8, 4) is 5.75 Å². The molecule has 0 saturated carbocycles. The van der Waals surface area contributed by atoms with Crippen LogP contribution in [0.2, 0.25) is 0 Å². The third-order valence-corrected chi connectivity index (χ3v) is 4.33. The maximum atomic E-state index is 13.2. The molecule has 0 spiro atoms. The van der Waals surface area contributed by atoms with Crippen molar-refractivity contribution in [1.82, 2.24) is 10.6 Å². The largest absolute Gasteiger partial charge is 0.489 e. The monoisotopic (exact) mass is 552 g/mol. The van der Waals surface area contributed by atoms with Crippen LogP contribution in [0, 0.1) is 5.82 Å². The normalized spacial score (nSPS) is 11.8. The number of guanidine groups is 1. The summed E-state index contributed by atoms with van der Waals surface area (Å²) >= 11 is 0. The topological polar surface area (TPSA) is 87.9 Å². The van der Waals surface area contributed by atoms with E-state index in [1.165, 1.54) is 18.4 Å². The van der Waals surface area contributed by atoms with E-state index in [0.717, 1.165) is 5.56 Å². The van der Waals surface area contributed by atoms with Crippen molar-refractivity contribution in [3.05, 3.63) is 84.1 Å². The van der Waals surface area contributed by atoms with Gasteiger partial charge in [-0.05, 0) is 48.9 Å². The summed E-state index contributed by atoms with van der Waals surface area (Å²) in [7, 11) is 1.68. The van der Waals surface area contributed by atoms with Crippen LogP contribution in [-0.4, -0.2) is 31.6 Å². The first kappa shape index (κ1) is 25.2. The summed E-state index contributed by atoms with van der Waals surface area (Å²) in [5.41, 5.74) is 1.69. The van der Waals surface area contributed by atoms with Gasteiger partial charge >= 0.3 is 0 Å². The van der Waals surface area contributed by atoms with Gasteiger partial charge < -0.3 is 25.1 Å². The molecule has 1 amide bonds. The van der Waals surface area contributed by atoms with Crippen molar-refractivity contribution in [1.29, 1.82) is 0 Å². The average molecular weight is 552 g/mol. The van der Waals surface area contributed by atoms with Crippen molar-refractivity contribution in [2.45, 2.75) is 19.6 Å². The number of furan rings is 1. The number of benzene rings is 2. The number of hydrogen-bond donors (Lipinski definition) is 3. The van der Waals surface area contributed by atoms with E-state index in [2.05, 4.69) is 20.9 Å². The molecule has 0 aliphatic heterocycles. The van der Waals surface area contributed by atoms with Crippen LogP contribution in [-0.2, 0) is 6.54 Å². The highest BCUT2D eigenvalue weighted by atomic mass is 127. The zero-order valence-corrected chi connectivity index (χ0v) is 20.1. The Kier molecular flexibility index (Phi) is 9.99. The van der Waals surface area contributed by atoms with E-state index in [1.54, 1.807) is 31.3 Å². The third kappa shape index (κ3) is 7.88. The lowest BCUT2D eigenvalue weighted by Crippen LogP contribution is -2.41. The van der Waals surface area contributed by atoms with Crippen LogP contribution in [0.25, 0.3) is 0 Å². The Bertz CT molecular complexity index is 1010. The maximum Gasteiger partial charge on any atom is 0.291 e. The van der Waals surface area contributed by atoms with Crippen LogP contribution in [0.4, 0.5) is 10.1 Å². The second kappa shape index (κ2) is 12.7. The smallest absolute Gasteiger partial charge is 0.291 e. The fourth-order valence-corrected chi connectivity index (χ4v) is 2.77. The van der Waals surface area contributed by atoms with E-state index in [1.807, 2.05) is 31.2 Å². The van der Waals surface area contributed by atoms with Gasteiger partial charge in [0.2, 0.25) is 0 Å². The predicted molar refractivity (Wildman–Crippen MR) is 133 cm³/mol. The summed E-state index contributed by atoms with van der Waals surface area (Å²) in [4.78, 5) is 16.2. The highest BCUT2D eigenvalue weighted by molar-refractivity contribution is 14.0. The van der Waals surface area contributed by atoms with Gasteiger partial charge in [-0.2, -0.15) is 0 Å². The number of rotatable bonds is 8. The van der Waals surface area contributed by atoms with E-state index >= 15 is 0 Å². The molecule has 0 radical (unpaired) electrons. The molecular weight excluding hydrogens is 526 g/mol. The summed E-state index contributed by atoms with van der Waals surface area (Å²) in [6, 6.07) is 16.8. The lowest BCUT2D eigenvalue weighted by atomic mass is 10.2. The molecule has 9 heteroatoms. The minimum Gasteiger partial charge on any atom is -0.489 e. The Morgan fingerprint density at radius 3 is 2.56 bits per heavy atom. The minimum atomic E-state index is -0.332. The number of carbonyl (C=O) groups excluding carboxylic acids is 1. The Morgan fingerprint density at radius 1 is 1.12 bits per heavy atom.